The van der Waals surface area contributed by atoms with Gasteiger partial charge >= 0.3 is 5.97 Å². The molecular weight excluding hydrogens is 216 g/mol. The van der Waals surface area contributed by atoms with Crippen LogP contribution < -0.4 is 0 Å². The van der Waals surface area contributed by atoms with E-state index in [1.165, 1.54) is 19.3 Å². The van der Waals surface area contributed by atoms with Crippen molar-refractivity contribution in [1.29, 1.82) is 0 Å². The van der Waals surface area contributed by atoms with Gasteiger partial charge in [-0.3, -0.25) is 0 Å². The molecule has 3 heteroatoms. The summed E-state index contributed by atoms with van der Waals surface area (Å²) >= 11 is 0. The van der Waals surface area contributed by atoms with Gasteiger partial charge in [-0.1, -0.05) is 46.1 Å². The van der Waals surface area contributed by atoms with Crippen molar-refractivity contribution in [2.45, 2.75) is 59.0 Å². The number of carbonyl (C=O) groups is 1. The molecule has 0 aliphatic rings. The molecule has 2 atom stereocenters. The van der Waals surface area contributed by atoms with Crippen LogP contribution in [0, 0.1) is 5.92 Å². The molecule has 0 aromatic heterocycles. The molecule has 0 aliphatic carbocycles. The van der Waals surface area contributed by atoms with Crippen LogP contribution in [0.4, 0.5) is 0 Å². The summed E-state index contributed by atoms with van der Waals surface area (Å²) in [7, 11) is 0. The van der Waals surface area contributed by atoms with Crippen molar-refractivity contribution < 1.29 is 14.6 Å². The molecule has 0 radical (unpaired) electrons. The molecule has 0 aromatic rings. The van der Waals surface area contributed by atoms with Gasteiger partial charge in [-0.15, -0.1) is 0 Å². The number of hydrogen-bond acceptors (Lipinski definition) is 3. The van der Waals surface area contributed by atoms with Crippen LogP contribution >= 0.6 is 0 Å². The first-order valence-corrected chi connectivity index (χ1v) is 6.49. The molecule has 17 heavy (non-hydrogen) atoms. The van der Waals surface area contributed by atoms with Crippen LogP contribution in [0.25, 0.3) is 0 Å². The van der Waals surface area contributed by atoms with Crippen LogP contribution in [0.3, 0.4) is 0 Å². The Bertz CT molecular complexity index is 236. The minimum absolute atomic E-state index is 0.0701. The highest BCUT2D eigenvalue weighted by Crippen LogP contribution is 2.14. The van der Waals surface area contributed by atoms with Gasteiger partial charge in [-0.25, -0.2) is 4.79 Å². The first kappa shape index (κ1) is 16.2. The molecule has 0 saturated carbocycles. The fourth-order valence-corrected chi connectivity index (χ4v) is 1.53. The van der Waals surface area contributed by atoms with E-state index in [9.17, 15) is 9.90 Å². The number of carbonyl (C=O) groups excluding carboxylic acids is 1. The zero-order valence-corrected chi connectivity index (χ0v) is 11.4. The van der Waals surface area contributed by atoms with Gasteiger partial charge in [0.2, 0.25) is 0 Å². The first-order valence-electron chi connectivity index (χ1n) is 6.49. The summed E-state index contributed by atoms with van der Waals surface area (Å²) < 4.78 is 4.93. The summed E-state index contributed by atoms with van der Waals surface area (Å²) in [6.45, 7) is 9.33. The maximum atomic E-state index is 11.1. The Balaban J connectivity index is 3.70. The first-order chi connectivity index (χ1) is 7.99. The number of ether oxygens (including phenoxy) is 1. The van der Waals surface area contributed by atoms with E-state index in [1.807, 2.05) is 6.92 Å². The van der Waals surface area contributed by atoms with E-state index in [0.29, 0.717) is 5.57 Å². The normalized spacial score (nSPS) is 14.1. The number of unbranched alkanes of at least 4 members (excludes halogenated alkanes) is 3. The third-order valence-electron chi connectivity index (χ3n) is 2.90. The van der Waals surface area contributed by atoms with E-state index >= 15 is 0 Å². The van der Waals surface area contributed by atoms with Crippen LogP contribution in [0.1, 0.15) is 52.9 Å². The number of hydrogen-bond donors (Lipinski definition) is 1. The minimum Gasteiger partial charge on any atom is -0.460 e. The van der Waals surface area contributed by atoms with Crippen molar-refractivity contribution in [2.75, 3.05) is 6.61 Å². The Kier molecular flexibility index (Phi) is 8.78. The molecule has 0 fully saturated rings. The molecule has 0 rings (SSSR count). The molecule has 3 nitrogen and oxygen atoms in total. The van der Waals surface area contributed by atoms with E-state index < -0.39 is 12.1 Å². The average Bonchev–Trinajstić information content (AvgIpc) is 2.30. The fourth-order valence-electron chi connectivity index (χ4n) is 1.53. The molecule has 0 saturated heterocycles. The van der Waals surface area contributed by atoms with E-state index in [1.54, 1.807) is 6.92 Å². The highest BCUT2D eigenvalue weighted by molar-refractivity contribution is 5.86. The minimum atomic E-state index is -0.570. The average molecular weight is 242 g/mol. The predicted molar refractivity (Wildman–Crippen MR) is 69.7 cm³/mol. The van der Waals surface area contributed by atoms with Gasteiger partial charge in [0.05, 0.1) is 6.10 Å². The number of rotatable bonds is 9. The molecule has 0 heterocycles. The summed E-state index contributed by atoms with van der Waals surface area (Å²) in [4.78, 5) is 11.1. The van der Waals surface area contributed by atoms with E-state index in [-0.39, 0.29) is 12.5 Å². The standard InChI is InChI=1S/C14H26O3/c1-5-6-7-8-9-12(4)13(15)10-17-14(16)11(2)3/h12-13,15H,2,5-10H2,1,3-4H3. The fraction of sp³-hybridized carbons (Fsp3) is 0.786. The van der Waals surface area contributed by atoms with Crippen molar-refractivity contribution >= 4 is 5.97 Å². The number of aliphatic hydroxyl groups excluding tert-OH is 1. The van der Waals surface area contributed by atoms with Gasteiger partial charge in [-0.05, 0) is 19.3 Å². The number of esters is 1. The Hall–Kier alpha value is -0.830. The molecule has 0 amide bonds. The van der Waals surface area contributed by atoms with Gasteiger partial charge < -0.3 is 9.84 Å². The smallest absolute Gasteiger partial charge is 0.333 e. The zero-order valence-electron chi connectivity index (χ0n) is 11.4. The lowest BCUT2D eigenvalue weighted by molar-refractivity contribution is -0.142. The van der Waals surface area contributed by atoms with Gasteiger partial charge in [0.15, 0.2) is 0 Å². The van der Waals surface area contributed by atoms with Crippen molar-refractivity contribution in [3.05, 3.63) is 12.2 Å². The van der Waals surface area contributed by atoms with Gasteiger partial charge in [-0.2, -0.15) is 0 Å². The molecule has 0 spiro atoms. The SMILES string of the molecule is C=C(C)C(=O)OCC(O)C(C)CCCCCC. The summed E-state index contributed by atoms with van der Waals surface area (Å²) in [5.41, 5.74) is 0.368. The molecule has 0 aromatic carbocycles. The Labute approximate surface area is 105 Å². The van der Waals surface area contributed by atoms with Crippen molar-refractivity contribution in [1.82, 2.24) is 0 Å². The lowest BCUT2D eigenvalue weighted by atomic mass is 9.97. The highest BCUT2D eigenvalue weighted by Gasteiger charge is 2.16. The van der Waals surface area contributed by atoms with Crippen LogP contribution in [0.2, 0.25) is 0 Å². The van der Waals surface area contributed by atoms with Gasteiger partial charge in [0.1, 0.15) is 6.61 Å². The molecular formula is C14H26O3. The van der Waals surface area contributed by atoms with Crippen LogP contribution in [-0.2, 0) is 9.53 Å². The van der Waals surface area contributed by atoms with E-state index in [0.717, 1.165) is 12.8 Å². The monoisotopic (exact) mass is 242 g/mol. The predicted octanol–water partition coefficient (Wildman–Crippen LogP) is 3.07. The van der Waals surface area contributed by atoms with Crippen LogP contribution in [0.15, 0.2) is 12.2 Å². The van der Waals surface area contributed by atoms with Crippen LogP contribution in [-0.4, -0.2) is 23.8 Å². The lowest BCUT2D eigenvalue weighted by Crippen LogP contribution is -2.25. The summed E-state index contributed by atoms with van der Waals surface area (Å²) in [5, 5.41) is 9.80. The summed E-state index contributed by atoms with van der Waals surface area (Å²) in [5.74, 6) is -0.257. The quantitative estimate of drug-likeness (QED) is 0.384. The highest BCUT2D eigenvalue weighted by atomic mass is 16.5. The summed E-state index contributed by atoms with van der Waals surface area (Å²) in [6, 6.07) is 0. The molecule has 0 aliphatic heterocycles. The van der Waals surface area contributed by atoms with Crippen molar-refractivity contribution in [3.63, 3.8) is 0 Å². The third-order valence-corrected chi connectivity index (χ3v) is 2.90. The maximum Gasteiger partial charge on any atom is 0.333 e. The second kappa shape index (κ2) is 9.23. The topological polar surface area (TPSA) is 46.5 Å². The van der Waals surface area contributed by atoms with Crippen molar-refractivity contribution in [3.8, 4) is 0 Å². The van der Waals surface area contributed by atoms with E-state index in [4.69, 9.17) is 4.74 Å². The molecule has 1 N–H and O–H groups in total. The molecule has 0 bridgehead atoms. The van der Waals surface area contributed by atoms with Gasteiger partial charge in [0, 0.05) is 5.57 Å². The third kappa shape index (κ3) is 7.97. The summed E-state index contributed by atoms with van der Waals surface area (Å²) in [6.07, 6.45) is 5.20. The maximum absolute atomic E-state index is 11.1. The van der Waals surface area contributed by atoms with E-state index in [2.05, 4.69) is 13.5 Å². The van der Waals surface area contributed by atoms with Gasteiger partial charge in [0.25, 0.3) is 0 Å². The lowest BCUT2D eigenvalue weighted by Gasteiger charge is -2.18. The Morgan fingerprint density at radius 2 is 2.00 bits per heavy atom. The Morgan fingerprint density at radius 3 is 2.53 bits per heavy atom. The molecule has 100 valence electrons. The second-order valence-electron chi connectivity index (χ2n) is 4.77. The largest absolute Gasteiger partial charge is 0.460 e. The molecule has 2 unspecified atom stereocenters. The second-order valence-corrected chi connectivity index (χ2v) is 4.77. The zero-order chi connectivity index (χ0) is 13.3. The Morgan fingerprint density at radius 1 is 1.35 bits per heavy atom. The van der Waals surface area contributed by atoms with Crippen molar-refractivity contribution in [2.24, 2.45) is 5.92 Å². The van der Waals surface area contributed by atoms with Crippen LogP contribution in [0.5, 0.6) is 0 Å². The number of aliphatic hydroxyl groups is 1.